The van der Waals surface area contributed by atoms with Crippen LogP contribution in [0.25, 0.3) is 11.1 Å². The first-order chi connectivity index (χ1) is 9.22. The molecule has 0 aliphatic heterocycles. The number of fused-ring (bicyclic) bond motifs is 1. The third kappa shape index (κ3) is 2.68. The van der Waals surface area contributed by atoms with Crippen LogP contribution in [0.5, 0.6) is 0 Å². The van der Waals surface area contributed by atoms with E-state index in [1.165, 1.54) is 25.7 Å². The van der Waals surface area contributed by atoms with Crippen LogP contribution in [0.1, 0.15) is 41.9 Å². The Balaban J connectivity index is 1.69. The summed E-state index contributed by atoms with van der Waals surface area (Å²) in [5, 5.41) is 3.34. The molecular formula is C15H18N2O2. The molecule has 0 unspecified atom stereocenters. The van der Waals surface area contributed by atoms with Gasteiger partial charge >= 0.3 is 0 Å². The van der Waals surface area contributed by atoms with Crippen molar-refractivity contribution in [2.45, 2.75) is 38.6 Å². The lowest BCUT2D eigenvalue weighted by molar-refractivity contribution is 0.0987. The van der Waals surface area contributed by atoms with Gasteiger partial charge in [-0.05, 0) is 31.0 Å². The Morgan fingerprint density at radius 2 is 2.21 bits per heavy atom. The predicted octanol–water partition coefficient (Wildman–Crippen LogP) is 2.85. The third-order valence-corrected chi connectivity index (χ3v) is 3.72. The second-order valence-corrected chi connectivity index (χ2v) is 5.20. The molecule has 1 fully saturated rings. The molecule has 1 aromatic heterocycles. The largest absolute Gasteiger partial charge is 0.441 e. The summed E-state index contributed by atoms with van der Waals surface area (Å²) in [6.07, 6.45) is 4.92. The summed E-state index contributed by atoms with van der Waals surface area (Å²) >= 11 is 0. The molecule has 0 atom stereocenters. The van der Waals surface area contributed by atoms with Gasteiger partial charge in [-0.2, -0.15) is 0 Å². The van der Waals surface area contributed by atoms with E-state index < -0.39 is 0 Å². The summed E-state index contributed by atoms with van der Waals surface area (Å²) in [5.74, 6) is 0.742. The average Bonchev–Trinajstić information content (AvgIpc) is 3.02. The standard InChI is InChI=1S/C15H18N2O2/c1-10-17-13-7-6-11(8-15(13)19-10)14(18)9-16-12-4-2-3-5-12/h6-8,12,16H,2-5,9H2,1H3. The Morgan fingerprint density at radius 1 is 1.42 bits per heavy atom. The second-order valence-electron chi connectivity index (χ2n) is 5.20. The first-order valence-corrected chi connectivity index (χ1v) is 6.86. The number of hydrogen-bond acceptors (Lipinski definition) is 4. The summed E-state index contributed by atoms with van der Waals surface area (Å²) < 4.78 is 5.45. The van der Waals surface area contributed by atoms with Gasteiger partial charge in [0.1, 0.15) is 5.52 Å². The SMILES string of the molecule is Cc1nc2ccc(C(=O)CNC3CCCC3)cc2o1. The average molecular weight is 258 g/mol. The number of nitrogens with one attached hydrogen (secondary N) is 1. The fraction of sp³-hybridized carbons (Fsp3) is 0.467. The van der Waals surface area contributed by atoms with E-state index in [0.29, 0.717) is 29.6 Å². The molecule has 0 amide bonds. The van der Waals surface area contributed by atoms with Crippen molar-refractivity contribution < 1.29 is 9.21 Å². The number of aromatic nitrogens is 1. The number of ketones is 1. The second kappa shape index (κ2) is 5.13. The highest BCUT2D eigenvalue weighted by atomic mass is 16.3. The molecule has 0 spiro atoms. The minimum Gasteiger partial charge on any atom is -0.441 e. The van der Waals surface area contributed by atoms with Crippen LogP contribution in [0.2, 0.25) is 0 Å². The van der Waals surface area contributed by atoms with Gasteiger partial charge in [0.15, 0.2) is 17.3 Å². The van der Waals surface area contributed by atoms with E-state index in [1.54, 1.807) is 6.07 Å². The zero-order valence-electron chi connectivity index (χ0n) is 11.1. The molecule has 4 heteroatoms. The lowest BCUT2D eigenvalue weighted by atomic mass is 10.1. The molecule has 1 aliphatic rings. The van der Waals surface area contributed by atoms with Crippen LogP contribution in [-0.2, 0) is 0 Å². The van der Waals surface area contributed by atoms with E-state index in [2.05, 4.69) is 10.3 Å². The predicted molar refractivity (Wildman–Crippen MR) is 73.3 cm³/mol. The molecule has 3 rings (SSSR count). The van der Waals surface area contributed by atoms with Gasteiger partial charge in [-0.3, -0.25) is 4.79 Å². The van der Waals surface area contributed by atoms with E-state index >= 15 is 0 Å². The molecule has 19 heavy (non-hydrogen) atoms. The minimum absolute atomic E-state index is 0.114. The van der Waals surface area contributed by atoms with Gasteiger partial charge in [0, 0.05) is 18.5 Å². The van der Waals surface area contributed by atoms with Crippen molar-refractivity contribution in [1.82, 2.24) is 10.3 Å². The molecule has 1 saturated carbocycles. The minimum atomic E-state index is 0.114. The molecule has 100 valence electrons. The van der Waals surface area contributed by atoms with Crippen LogP contribution in [0.3, 0.4) is 0 Å². The van der Waals surface area contributed by atoms with Crippen LogP contribution >= 0.6 is 0 Å². The van der Waals surface area contributed by atoms with Crippen LogP contribution < -0.4 is 5.32 Å². The number of nitrogens with zero attached hydrogens (tertiary/aromatic N) is 1. The fourth-order valence-corrected chi connectivity index (χ4v) is 2.68. The first kappa shape index (κ1) is 12.4. The Bertz CT molecular complexity index is 597. The Labute approximate surface area is 112 Å². The molecule has 1 N–H and O–H groups in total. The lowest BCUT2D eigenvalue weighted by Crippen LogP contribution is -2.31. The summed E-state index contributed by atoms with van der Waals surface area (Å²) in [7, 11) is 0. The van der Waals surface area contributed by atoms with Crippen LogP contribution in [0, 0.1) is 6.92 Å². The first-order valence-electron chi connectivity index (χ1n) is 6.86. The number of hydrogen-bond donors (Lipinski definition) is 1. The van der Waals surface area contributed by atoms with Crippen molar-refractivity contribution in [3.63, 3.8) is 0 Å². The Kier molecular flexibility index (Phi) is 3.34. The Hall–Kier alpha value is -1.68. The summed E-state index contributed by atoms with van der Waals surface area (Å²) in [6.45, 7) is 2.21. The maximum atomic E-state index is 12.1. The number of oxazole rings is 1. The van der Waals surface area contributed by atoms with Gasteiger partial charge in [-0.1, -0.05) is 12.8 Å². The molecule has 1 heterocycles. The normalized spacial score (nSPS) is 16.3. The number of rotatable bonds is 4. The van der Waals surface area contributed by atoms with Gasteiger partial charge in [0.05, 0.1) is 6.54 Å². The maximum absolute atomic E-state index is 12.1. The highest BCUT2D eigenvalue weighted by molar-refractivity contribution is 5.99. The van der Waals surface area contributed by atoms with E-state index in [0.717, 1.165) is 5.52 Å². The van der Waals surface area contributed by atoms with Crippen LogP contribution in [0.4, 0.5) is 0 Å². The molecule has 4 nitrogen and oxygen atoms in total. The molecule has 2 aromatic rings. The highest BCUT2D eigenvalue weighted by Crippen LogP contribution is 2.19. The highest BCUT2D eigenvalue weighted by Gasteiger charge is 2.16. The zero-order valence-corrected chi connectivity index (χ0v) is 11.1. The Morgan fingerprint density at radius 3 is 3.00 bits per heavy atom. The van der Waals surface area contributed by atoms with Crippen LogP contribution in [-0.4, -0.2) is 23.4 Å². The molecule has 1 aromatic carbocycles. The number of Topliss-reactive ketones (excluding diaryl/α,β-unsaturated/α-hetero) is 1. The van der Waals surface area contributed by atoms with E-state index in [1.807, 2.05) is 19.1 Å². The number of carbonyl (C=O) groups excluding carboxylic acids is 1. The molecule has 0 bridgehead atoms. The number of carbonyl (C=O) groups is 1. The fourth-order valence-electron chi connectivity index (χ4n) is 2.68. The van der Waals surface area contributed by atoms with Crippen molar-refractivity contribution in [1.29, 1.82) is 0 Å². The lowest BCUT2D eigenvalue weighted by Gasteiger charge is -2.10. The summed E-state index contributed by atoms with van der Waals surface area (Å²) in [6, 6.07) is 5.96. The van der Waals surface area contributed by atoms with Crippen molar-refractivity contribution >= 4 is 16.9 Å². The van der Waals surface area contributed by atoms with E-state index in [-0.39, 0.29) is 5.78 Å². The van der Waals surface area contributed by atoms with Crippen molar-refractivity contribution in [2.75, 3.05) is 6.54 Å². The quantitative estimate of drug-likeness (QED) is 0.857. The monoisotopic (exact) mass is 258 g/mol. The molecular weight excluding hydrogens is 240 g/mol. The number of benzene rings is 1. The number of aryl methyl sites for hydroxylation is 1. The van der Waals surface area contributed by atoms with E-state index in [4.69, 9.17) is 4.42 Å². The third-order valence-electron chi connectivity index (χ3n) is 3.72. The van der Waals surface area contributed by atoms with Crippen LogP contribution in [0.15, 0.2) is 22.6 Å². The summed E-state index contributed by atoms with van der Waals surface area (Å²) in [4.78, 5) is 16.4. The van der Waals surface area contributed by atoms with Crippen molar-refractivity contribution in [3.05, 3.63) is 29.7 Å². The molecule has 0 radical (unpaired) electrons. The van der Waals surface area contributed by atoms with Gasteiger partial charge in [0.2, 0.25) is 0 Å². The maximum Gasteiger partial charge on any atom is 0.192 e. The molecule has 1 aliphatic carbocycles. The van der Waals surface area contributed by atoms with Gasteiger partial charge < -0.3 is 9.73 Å². The zero-order chi connectivity index (χ0) is 13.2. The summed E-state index contributed by atoms with van der Waals surface area (Å²) in [5.41, 5.74) is 2.18. The van der Waals surface area contributed by atoms with Gasteiger partial charge in [-0.15, -0.1) is 0 Å². The van der Waals surface area contributed by atoms with Crippen molar-refractivity contribution in [2.24, 2.45) is 0 Å². The topological polar surface area (TPSA) is 55.1 Å². The smallest absolute Gasteiger partial charge is 0.192 e. The van der Waals surface area contributed by atoms with E-state index in [9.17, 15) is 4.79 Å². The molecule has 0 saturated heterocycles. The van der Waals surface area contributed by atoms with Gasteiger partial charge in [-0.25, -0.2) is 4.98 Å². The van der Waals surface area contributed by atoms with Gasteiger partial charge in [0.25, 0.3) is 0 Å². The van der Waals surface area contributed by atoms with Crippen molar-refractivity contribution in [3.8, 4) is 0 Å².